The number of aromatic nitrogens is 2. The molecule has 0 aliphatic rings. The fraction of sp³-hybridized carbons (Fsp3) is 0.438. The number of halogens is 2. The molecule has 0 bridgehead atoms. The first-order valence-electron chi connectivity index (χ1n) is 7.14. The third-order valence-electron chi connectivity index (χ3n) is 3.86. The van der Waals surface area contributed by atoms with Crippen molar-refractivity contribution in [2.45, 2.75) is 46.2 Å². The normalized spacial score (nSPS) is 12.7. The molecule has 0 aliphatic heterocycles. The smallest absolute Gasteiger partial charge is 0.129 e. The van der Waals surface area contributed by atoms with Crippen molar-refractivity contribution in [1.29, 1.82) is 0 Å². The number of benzene rings is 1. The summed E-state index contributed by atoms with van der Waals surface area (Å²) in [4.78, 5) is 0. The van der Waals surface area contributed by atoms with E-state index in [-0.39, 0.29) is 11.9 Å². The molecule has 21 heavy (non-hydrogen) atoms. The Morgan fingerprint density at radius 3 is 2.71 bits per heavy atom. The third-order valence-corrected chi connectivity index (χ3v) is 4.09. The van der Waals surface area contributed by atoms with E-state index >= 15 is 0 Å². The van der Waals surface area contributed by atoms with Gasteiger partial charge < -0.3 is 5.73 Å². The number of hydrogen-bond acceptors (Lipinski definition) is 2. The van der Waals surface area contributed by atoms with Gasteiger partial charge in [-0.05, 0) is 44.4 Å². The number of aryl methyl sites for hydroxylation is 1. The van der Waals surface area contributed by atoms with E-state index < -0.39 is 0 Å². The van der Waals surface area contributed by atoms with Crippen LogP contribution < -0.4 is 5.73 Å². The molecule has 0 fully saturated rings. The Morgan fingerprint density at radius 1 is 1.38 bits per heavy atom. The van der Waals surface area contributed by atoms with Crippen LogP contribution in [-0.2, 0) is 13.0 Å². The monoisotopic (exact) mass is 309 g/mol. The van der Waals surface area contributed by atoms with Gasteiger partial charge in [0.15, 0.2) is 0 Å². The fourth-order valence-electron chi connectivity index (χ4n) is 2.40. The Hall–Kier alpha value is -1.39. The highest BCUT2D eigenvalue weighted by atomic mass is 35.5. The second-order valence-electron chi connectivity index (χ2n) is 5.42. The molecular formula is C16H21ClFN3. The van der Waals surface area contributed by atoms with E-state index in [1.165, 1.54) is 11.6 Å². The quantitative estimate of drug-likeness (QED) is 0.916. The molecule has 0 saturated heterocycles. The minimum Gasteiger partial charge on any atom is -0.327 e. The lowest BCUT2D eigenvalue weighted by Crippen LogP contribution is -2.22. The van der Waals surface area contributed by atoms with Crippen LogP contribution in [0.5, 0.6) is 0 Å². The molecule has 1 aromatic heterocycles. The predicted molar refractivity (Wildman–Crippen MR) is 84.2 cm³/mol. The zero-order valence-corrected chi connectivity index (χ0v) is 13.4. The van der Waals surface area contributed by atoms with Crippen molar-refractivity contribution in [3.05, 3.63) is 51.6 Å². The van der Waals surface area contributed by atoms with Gasteiger partial charge in [0.2, 0.25) is 0 Å². The van der Waals surface area contributed by atoms with Gasteiger partial charge in [-0.1, -0.05) is 24.6 Å². The van der Waals surface area contributed by atoms with Crippen molar-refractivity contribution in [3.8, 4) is 0 Å². The number of nitrogens with zero attached hydrogens (tertiary/aromatic N) is 2. The summed E-state index contributed by atoms with van der Waals surface area (Å²) >= 11 is 5.78. The van der Waals surface area contributed by atoms with Crippen molar-refractivity contribution in [2.24, 2.45) is 5.73 Å². The Labute approximate surface area is 129 Å². The molecule has 0 radical (unpaired) electrons. The fourth-order valence-corrected chi connectivity index (χ4v) is 2.56. The van der Waals surface area contributed by atoms with Gasteiger partial charge in [0.05, 0.1) is 12.2 Å². The highest BCUT2D eigenvalue weighted by molar-refractivity contribution is 6.30. The van der Waals surface area contributed by atoms with E-state index in [0.29, 0.717) is 17.1 Å². The molecule has 0 spiro atoms. The minimum absolute atomic E-state index is 0.132. The molecule has 114 valence electrons. The third kappa shape index (κ3) is 3.63. The van der Waals surface area contributed by atoms with Gasteiger partial charge in [0, 0.05) is 22.3 Å². The Balaban J connectivity index is 2.27. The zero-order valence-electron chi connectivity index (χ0n) is 12.7. The van der Waals surface area contributed by atoms with Gasteiger partial charge >= 0.3 is 0 Å². The predicted octanol–water partition coefficient (Wildman–Crippen LogP) is 3.62. The van der Waals surface area contributed by atoms with Gasteiger partial charge in [-0.3, -0.25) is 4.68 Å². The first kappa shape index (κ1) is 16.0. The van der Waals surface area contributed by atoms with Gasteiger partial charge in [-0.15, -0.1) is 0 Å². The van der Waals surface area contributed by atoms with Gasteiger partial charge in [-0.2, -0.15) is 5.10 Å². The van der Waals surface area contributed by atoms with Crippen LogP contribution in [0.1, 0.15) is 35.9 Å². The van der Waals surface area contributed by atoms with Crippen molar-refractivity contribution < 1.29 is 4.39 Å². The Kier molecular flexibility index (Phi) is 5.01. The second kappa shape index (κ2) is 6.58. The van der Waals surface area contributed by atoms with Crippen LogP contribution in [0.2, 0.25) is 5.02 Å². The molecule has 1 heterocycles. The second-order valence-corrected chi connectivity index (χ2v) is 5.85. The summed E-state index contributed by atoms with van der Waals surface area (Å²) in [5, 5.41) is 4.92. The first-order valence-corrected chi connectivity index (χ1v) is 7.52. The van der Waals surface area contributed by atoms with Gasteiger partial charge in [-0.25, -0.2) is 4.39 Å². The van der Waals surface area contributed by atoms with Gasteiger partial charge in [0.1, 0.15) is 5.82 Å². The maximum atomic E-state index is 13.9. The summed E-state index contributed by atoms with van der Waals surface area (Å²) in [5.41, 5.74) is 9.79. The first-order chi connectivity index (χ1) is 9.92. The molecule has 2 N–H and O–H groups in total. The number of hydrogen-bond donors (Lipinski definition) is 1. The topological polar surface area (TPSA) is 43.8 Å². The minimum atomic E-state index is -0.304. The van der Waals surface area contributed by atoms with E-state index in [1.807, 2.05) is 18.5 Å². The van der Waals surface area contributed by atoms with Crippen LogP contribution in [0.25, 0.3) is 0 Å². The van der Waals surface area contributed by atoms with Crippen LogP contribution >= 0.6 is 11.6 Å². The van der Waals surface area contributed by atoms with E-state index in [2.05, 4.69) is 12.0 Å². The van der Waals surface area contributed by atoms with E-state index in [4.69, 9.17) is 17.3 Å². The van der Waals surface area contributed by atoms with E-state index in [1.54, 1.807) is 12.1 Å². The van der Waals surface area contributed by atoms with E-state index in [0.717, 1.165) is 24.2 Å². The summed E-state index contributed by atoms with van der Waals surface area (Å²) in [5.74, 6) is -0.304. The molecule has 2 aromatic rings. The molecule has 1 unspecified atom stereocenters. The molecule has 3 nitrogen and oxygen atoms in total. The maximum Gasteiger partial charge on any atom is 0.129 e. The summed E-state index contributed by atoms with van der Waals surface area (Å²) in [6.45, 7) is 6.45. The van der Waals surface area contributed by atoms with Crippen LogP contribution in [0.15, 0.2) is 18.2 Å². The van der Waals surface area contributed by atoms with E-state index in [9.17, 15) is 4.39 Å². The molecule has 1 aromatic carbocycles. The number of nitrogens with two attached hydrogens (primary N) is 1. The molecule has 0 saturated carbocycles. The lowest BCUT2D eigenvalue weighted by Gasteiger charge is -2.10. The molecule has 0 aliphatic carbocycles. The van der Waals surface area contributed by atoms with Crippen LogP contribution in [-0.4, -0.2) is 15.8 Å². The van der Waals surface area contributed by atoms with Crippen molar-refractivity contribution in [1.82, 2.24) is 9.78 Å². The van der Waals surface area contributed by atoms with Gasteiger partial charge in [0.25, 0.3) is 0 Å². The van der Waals surface area contributed by atoms with Crippen molar-refractivity contribution in [3.63, 3.8) is 0 Å². The summed E-state index contributed by atoms with van der Waals surface area (Å²) < 4.78 is 15.7. The van der Waals surface area contributed by atoms with Crippen LogP contribution in [0, 0.1) is 19.7 Å². The van der Waals surface area contributed by atoms with Crippen molar-refractivity contribution in [2.75, 3.05) is 0 Å². The summed E-state index contributed by atoms with van der Waals surface area (Å²) in [7, 11) is 0. The molecule has 1 atom stereocenters. The maximum absolute atomic E-state index is 13.9. The molecule has 2 rings (SSSR count). The Morgan fingerprint density at radius 2 is 2.10 bits per heavy atom. The van der Waals surface area contributed by atoms with Crippen LogP contribution in [0.3, 0.4) is 0 Å². The van der Waals surface area contributed by atoms with Crippen molar-refractivity contribution >= 4 is 11.6 Å². The lowest BCUT2D eigenvalue weighted by molar-refractivity contribution is 0.578. The highest BCUT2D eigenvalue weighted by Gasteiger charge is 2.15. The average Bonchev–Trinajstić information content (AvgIpc) is 2.69. The lowest BCUT2D eigenvalue weighted by atomic mass is 10.0. The Bertz CT molecular complexity index is 637. The number of rotatable bonds is 5. The SMILES string of the molecule is CCC(N)Cc1c(C)nn(Cc2ccc(Cl)cc2F)c1C. The highest BCUT2D eigenvalue weighted by Crippen LogP contribution is 2.19. The summed E-state index contributed by atoms with van der Waals surface area (Å²) in [6.07, 6.45) is 1.73. The zero-order chi connectivity index (χ0) is 15.6. The standard InChI is InChI=1S/C16H21ClFN3/c1-4-14(19)8-15-10(2)20-21(11(15)3)9-12-5-6-13(17)7-16(12)18/h5-7,14H,4,8-9,19H2,1-3H3. The molecular weight excluding hydrogens is 289 g/mol. The molecule has 5 heteroatoms. The summed E-state index contributed by atoms with van der Waals surface area (Å²) in [6, 6.07) is 4.86. The average molecular weight is 310 g/mol. The molecule has 0 amide bonds. The largest absolute Gasteiger partial charge is 0.327 e. The van der Waals surface area contributed by atoms with Crippen LogP contribution in [0.4, 0.5) is 4.39 Å².